The van der Waals surface area contributed by atoms with Crippen LogP contribution in [0.4, 0.5) is 0 Å². The Hall–Kier alpha value is -1.68. The number of nitrogens with zero attached hydrogens (tertiary/aromatic N) is 4. The van der Waals surface area contributed by atoms with E-state index in [0.29, 0.717) is 13.1 Å². The summed E-state index contributed by atoms with van der Waals surface area (Å²) < 4.78 is 1.82. The zero-order chi connectivity index (χ0) is 20.4. The third kappa shape index (κ3) is 7.54. The molecule has 3 rings (SSSR count). The first kappa shape index (κ1) is 24.6. The molecule has 1 saturated carbocycles. The van der Waals surface area contributed by atoms with Crippen LogP contribution < -0.4 is 10.6 Å². The lowest BCUT2D eigenvalue weighted by molar-refractivity contribution is 0.131. The second kappa shape index (κ2) is 12.9. The van der Waals surface area contributed by atoms with E-state index in [2.05, 4.69) is 51.9 Å². The molecule has 0 amide bonds. The summed E-state index contributed by atoms with van der Waals surface area (Å²) in [6.07, 6.45) is 10.3. The fourth-order valence-electron chi connectivity index (χ4n) is 4.17. The van der Waals surface area contributed by atoms with Crippen molar-refractivity contribution in [1.82, 2.24) is 25.4 Å². The van der Waals surface area contributed by atoms with E-state index < -0.39 is 0 Å². The zero-order valence-electron chi connectivity index (χ0n) is 17.9. The van der Waals surface area contributed by atoms with Gasteiger partial charge in [0, 0.05) is 19.7 Å². The number of hydrogen-bond donors (Lipinski definition) is 3. The van der Waals surface area contributed by atoms with Gasteiger partial charge in [-0.15, -0.1) is 24.0 Å². The molecule has 0 aliphatic heterocycles. The predicted octanol–water partition coefficient (Wildman–Crippen LogP) is 3.33. The number of hydrogen-bond acceptors (Lipinski definition) is 4. The normalized spacial score (nSPS) is 16.0. The quantitative estimate of drug-likeness (QED) is 0.265. The highest BCUT2D eigenvalue weighted by molar-refractivity contribution is 14.0. The molecular formula is C22H35IN6O. The Kier molecular flexibility index (Phi) is 10.6. The van der Waals surface area contributed by atoms with Crippen molar-refractivity contribution < 1.29 is 5.11 Å². The molecule has 7 nitrogen and oxygen atoms in total. The SMILES string of the molecule is CCNC(=NCc1cccc(Cn2cncn2)c1)NCC1(CCO)CCCCC1.I. The maximum atomic E-state index is 9.54. The molecule has 0 atom stereocenters. The number of aliphatic hydroxyl groups excluding tert-OH is 1. The van der Waals surface area contributed by atoms with Crippen LogP contribution in [0.2, 0.25) is 0 Å². The minimum Gasteiger partial charge on any atom is -0.396 e. The Labute approximate surface area is 196 Å². The summed E-state index contributed by atoms with van der Waals surface area (Å²) >= 11 is 0. The van der Waals surface area contributed by atoms with Crippen LogP contribution in [0.5, 0.6) is 0 Å². The topological polar surface area (TPSA) is 87.4 Å². The molecule has 1 heterocycles. The van der Waals surface area contributed by atoms with Crippen molar-refractivity contribution in [3.05, 3.63) is 48.0 Å². The number of benzene rings is 1. The molecule has 0 radical (unpaired) electrons. The molecule has 0 unspecified atom stereocenters. The second-order valence-corrected chi connectivity index (χ2v) is 8.00. The minimum absolute atomic E-state index is 0. The van der Waals surface area contributed by atoms with E-state index in [4.69, 9.17) is 4.99 Å². The summed E-state index contributed by atoms with van der Waals surface area (Å²) in [5.74, 6) is 0.845. The Morgan fingerprint density at radius 2 is 2.00 bits per heavy atom. The maximum absolute atomic E-state index is 9.54. The lowest BCUT2D eigenvalue weighted by Crippen LogP contribution is -2.44. The van der Waals surface area contributed by atoms with Gasteiger partial charge in [0.05, 0.1) is 13.1 Å². The largest absolute Gasteiger partial charge is 0.396 e. The third-order valence-electron chi connectivity index (χ3n) is 5.75. The average molecular weight is 526 g/mol. The highest BCUT2D eigenvalue weighted by Crippen LogP contribution is 2.38. The fourth-order valence-corrected chi connectivity index (χ4v) is 4.17. The number of aliphatic imine (C=N–C) groups is 1. The van der Waals surface area contributed by atoms with Gasteiger partial charge >= 0.3 is 0 Å². The van der Waals surface area contributed by atoms with Crippen molar-refractivity contribution in [2.45, 2.75) is 58.5 Å². The number of guanidine groups is 1. The van der Waals surface area contributed by atoms with Gasteiger partial charge in [-0.05, 0) is 42.7 Å². The predicted molar refractivity (Wildman–Crippen MR) is 131 cm³/mol. The molecule has 8 heteroatoms. The average Bonchev–Trinajstić information content (AvgIpc) is 3.24. The van der Waals surface area contributed by atoms with Gasteiger partial charge in [-0.25, -0.2) is 14.7 Å². The van der Waals surface area contributed by atoms with E-state index in [9.17, 15) is 5.11 Å². The Morgan fingerprint density at radius 3 is 2.70 bits per heavy atom. The van der Waals surface area contributed by atoms with Crippen molar-refractivity contribution in [2.24, 2.45) is 10.4 Å². The summed E-state index contributed by atoms with van der Waals surface area (Å²) in [6.45, 7) is 5.36. The van der Waals surface area contributed by atoms with Gasteiger partial charge in [0.25, 0.3) is 0 Å². The van der Waals surface area contributed by atoms with Crippen LogP contribution in [-0.2, 0) is 13.1 Å². The van der Waals surface area contributed by atoms with E-state index in [0.717, 1.165) is 25.5 Å². The number of halogens is 1. The smallest absolute Gasteiger partial charge is 0.191 e. The van der Waals surface area contributed by atoms with Crippen molar-refractivity contribution in [1.29, 1.82) is 0 Å². The Bertz CT molecular complexity index is 753. The minimum atomic E-state index is 0. The van der Waals surface area contributed by atoms with E-state index >= 15 is 0 Å². The van der Waals surface area contributed by atoms with Gasteiger partial charge in [0.15, 0.2) is 5.96 Å². The van der Waals surface area contributed by atoms with Crippen LogP contribution in [0, 0.1) is 5.41 Å². The number of rotatable bonds is 9. The Morgan fingerprint density at radius 1 is 1.20 bits per heavy atom. The molecule has 3 N–H and O–H groups in total. The van der Waals surface area contributed by atoms with E-state index in [1.807, 2.05) is 4.68 Å². The van der Waals surface area contributed by atoms with Gasteiger partial charge < -0.3 is 15.7 Å². The fraction of sp³-hybridized carbons (Fsp3) is 0.591. The molecule has 1 aromatic carbocycles. The van der Waals surface area contributed by atoms with Gasteiger partial charge in [-0.2, -0.15) is 5.10 Å². The number of aliphatic hydroxyl groups is 1. The summed E-state index contributed by atoms with van der Waals surface area (Å²) in [6, 6.07) is 8.44. The van der Waals surface area contributed by atoms with Gasteiger partial charge in [0.1, 0.15) is 12.7 Å². The first-order valence-electron chi connectivity index (χ1n) is 10.8. The van der Waals surface area contributed by atoms with Crippen LogP contribution in [0.1, 0.15) is 56.6 Å². The summed E-state index contributed by atoms with van der Waals surface area (Å²) in [4.78, 5) is 8.79. The highest BCUT2D eigenvalue weighted by atomic mass is 127. The molecule has 1 aromatic heterocycles. The van der Waals surface area contributed by atoms with Crippen molar-refractivity contribution in [3.8, 4) is 0 Å². The first-order valence-corrected chi connectivity index (χ1v) is 10.8. The monoisotopic (exact) mass is 526 g/mol. The molecule has 2 aromatic rings. The second-order valence-electron chi connectivity index (χ2n) is 8.00. The van der Waals surface area contributed by atoms with Crippen LogP contribution in [0.15, 0.2) is 41.9 Å². The van der Waals surface area contributed by atoms with Gasteiger partial charge in [-0.1, -0.05) is 43.5 Å². The first-order chi connectivity index (χ1) is 14.2. The third-order valence-corrected chi connectivity index (χ3v) is 5.75. The highest BCUT2D eigenvalue weighted by Gasteiger charge is 2.31. The van der Waals surface area contributed by atoms with Crippen LogP contribution in [0.3, 0.4) is 0 Å². The lowest BCUT2D eigenvalue weighted by Gasteiger charge is -2.37. The maximum Gasteiger partial charge on any atom is 0.191 e. The standard InChI is InChI=1S/C22H34N6O.HI/c1-2-24-21(26-16-22(11-12-29)9-4-3-5-10-22)25-14-19-7-6-8-20(13-19)15-28-18-23-17-27-28;/h6-8,13,17-18,29H,2-5,9-12,14-16H2,1H3,(H2,24,25,26);1H. The molecule has 0 spiro atoms. The molecule has 1 aliphatic carbocycles. The summed E-state index contributed by atoms with van der Waals surface area (Å²) in [5.41, 5.74) is 2.55. The molecular weight excluding hydrogens is 491 g/mol. The molecule has 0 saturated heterocycles. The Balaban J connectivity index is 0.00000320. The van der Waals surface area contributed by atoms with E-state index in [1.165, 1.54) is 43.2 Å². The number of aromatic nitrogens is 3. The summed E-state index contributed by atoms with van der Waals surface area (Å²) in [5, 5.41) is 20.6. The van der Waals surface area contributed by atoms with Crippen molar-refractivity contribution >= 4 is 29.9 Å². The molecule has 1 aliphatic rings. The zero-order valence-corrected chi connectivity index (χ0v) is 20.2. The van der Waals surface area contributed by atoms with Gasteiger partial charge in [-0.3, -0.25) is 0 Å². The van der Waals surface area contributed by atoms with Crippen molar-refractivity contribution in [2.75, 3.05) is 19.7 Å². The lowest BCUT2D eigenvalue weighted by atomic mass is 9.72. The summed E-state index contributed by atoms with van der Waals surface area (Å²) in [7, 11) is 0. The molecule has 1 fully saturated rings. The van der Waals surface area contributed by atoms with Crippen LogP contribution in [-0.4, -0.2) is 45.5 Å². The van der Waals surface area contributed by atoms with Crippen LogP contribution in [0.25, 0.3) is 0 Å². The molecule has 30 heavy (non-hydrogen) atoms. The number of nitrogens with one attached hydrogen (secondary N) is 2. The van der Waals surface area contributed by atoms with Crippen molar-refractivity contribution in [3.63, 3.8) is 0 Å². The van der Waals surface area contributed by atoms with Crippen LogP contribution >= 0.6 is 24.0 Å². The molecule has 166 valence electrons. The molecule has 0 bridgehead atoms. The van der Waals surface area contributed by atoms with Gasteiger partial charge in [0.2, 0.25) is 0 Å². The van der Waals surface area contributed by atoms with E-state index in [-0.39, 0.29) is 36.0 Å². The van der Waals surface area contributed by atoms with E-state index in [1.54, 1.807) is 12.7 Å².